The molecule has 2 rings (SSSR count). The van der Waals surface area contributed by atoms with Crippen molar-refractivity contribution >= 4 is 18.0 Å². The lowest BCUT2D eigenvalue weighted by atomic mass is 10.0. The summed E-state index contributed by atoms with van der Waals surface area (Å²) in [5.41, 5.74) is 1.76. The Kier molecular flexibility index (Phi) is 5.36. The molecular weight excluding hydrogens is 270 g/mol. The number of hydrogen-bond acceptors (Lipinski definition) is 5. The summed E-state index contributed by atoms with van der Waals surface area (Å²) >= 11 is 0. The molecule has 0 amide bonds. The molecular formula is C16H21NO4. The average Bonchev–Trinajstić information content (AvgIpc) is 2.48. The van der Waals surface area contributed by atoms with Crippen molar-refractivity contribution in [2.45, 2.75) is 26.2 Å². The molecule has 0 spiro atoms. The summed E-state index contributed by atoms with van der Waals surface area (Å²) in [6.07, 6.45) is 4.18. The smallest absolute Gasteiger partial charge is 0.174 e. The van der Waals surface area contributed by atoms with Crippen LogP contribution in [0.25, 0.3) is 6.08 Å². The summed E-state index contributed by atoms with van der Waals surface area (Å²) in [6, 6.07) is 4.73. The topological polar surface area (TPSA) is 59.0 Å². The van der Waals surface area contributed by atoms with Gasteiger partial charge in [-0.2, -0.15) is 0 Å². The number of carbonyl (C=O) groups is 1. The van der Waals surface area contributed by atoms with Crippen molar-refractivity contribution in [1.82, 2.24) is 0 Å². The number of nitrogens with zero attached hydrogens (tertiary/aromatic N) is 1. The number of rotatable bonds is 7. The molecule has 5 nitrogen and oxygen atoms in total. The average molecular weight is 291 g/mol. The SMILES string of the molecule is CCOC(CN1c2cc(O)ccc2C=CC1C=O)OCC. The summed E-state index contributed by atoms with van der Waals surface area (Å²) in [5, 5.41) is 9.70. The normalized spacial score (nSPS) is 17.1. The Hall–Kier alpha value is -1.85. The van der Waals surface area contributed by atoms with Crippen LogP contribution in [-0.4, -0.2) is 43.5 Å². The third kappa shape index (κ3) is 3.62. The second-order valence-corrected chi connectivity index (χ2v) is 4.72. The molecule has 1 aromatic carbocycles. The van der Waals surface area contributed by atoms with Gasteiger partial charge in [0.05, 0.1) is 6.54 Å². The number of phenolic OH excluding ortho intramolecular Hbond substituents is 1. The highest BCUT2D eigenvalue weighted by Gasteiger charge is 2.25. The maximum atomic E-state index is 11.3. The summed E-state index contributed by atoms with van der Waals surface area (Å²) in [7, 11) is 0. The molecule has 1 N–H and O–H groups in total. The number of phenols is 1. The van der Waals surface area contributed by atoms with Gasteiger partial charge in [0, 0.05) is 25.0 Å². The van der Waals surface area contributed by atoms with E-state index in [2.05, 4.69) is 0 Å². The second-order valence-electron chi connectivity index (χ2n) is 4.72. The van der Waals surface area contributed by atoms with Crippen LogP contribution in [0.5, 0.6) is 5.75 Å². The Bertz CT molecular complexity index is 509. The van der Waals surface area contributed by atoms with Crippen LogP contribution in [0.3, 0.4) is 0 Å². The van der Waals surface area contributed by atoms with Gasteiger partial charge >= 0.3 is 0 Å². The molecule has 0 aromatic heterocycles. The minimum atomic E-state index is -0.413. The van der Waals surface area contributed by atoms with Gasteiger partial charge in [-0.3, -0.25) is 0 Å². The number of aromatic hydroxyl groups is 1. The van der Waals surface area contributed by atoms with Crippen molar-refractivity contribution in [1.29, 1.82) is 0 Å². The first-order valence-corrected chi connectivity index (χ1v) is 7.16. The molecule has 1 aromatic rings. The molecule has 5 heteroatoms. The quantitative estimate of drug-likeness (QED) is 0.616. The zero-order valence-electron chi connectivity index (χ0n) is 12.4. The Morgan fingerprint density at radius 3 is 2.67 bits per heavy atom. The van der Waals surface area contributed by atoms with E-state index in [-0.39, 0.29) is 11.8 Å². The Morgan fingerprint density at radius 1 is 1.33 bits per heavy atom. The zero-order valence-corrected chi connectivity index (χ0v) is 12.4. The minimum absolute atomic E-state index is 0.170. The van der Waals surface area contributed by atoms with Crippen LogP contribution in [0.1, 0.15) is 19.4 Å². The molecule has 0 radical (unpaired) electrons. The highest BCUT2D eigenvalue weighted by Crippen LogP contribution is 2.32. The van der Waals surface area contributed by atoms with E-state index in [0.29, 0.717) is 19.8 Å². The maximum absolute atomic E-state index is 11.3. The number of hydrogen-bond donors (Lipinski definition) is 1. The summed E-state index contributed by atoms with van der Waals surface area (Å²) in [4.78, 5) is 13.2. The monoisotopic (exact) mass is 291 g/mol. The van der Waals surface area contributed by atoms with Crippen LogP contribution < -0.4 is 4.90 Å². The molecule has 1 atom stereocenters. The van der Waals surface area contributed by atoms with Gasteiger partial charge < -0.3 is 24.3 Å². The molecule has 1 aliphatic heterocycles. The molecule has 114 valence electrons. The van der Waals surface area contributed by atoms with Gasteiger partial charge in [-0.25, -0.2) is 0 Å². The number of aldehydes is 1. The lowest BCUT2D eigenvalue weighted by molar-refractivity contribution is -0.130. The highest BCUT2D eigenvalue weighted by atomic mass is 16.7. The lowest BCUT2D eigenvalue weighted by Crippen LogP contribution is -2.44. The third-order valence-electron chi connectivity index (χ3n) is 3.35. The zero-order chi connectivity index (χ0) is 15.2. The predicted octanol–water partition coefficient (Wildman–Crippen LogP) is 2.19. The first kappa shape index (κ1) is 15.5. The highest BCUT2D eigenvalue weighted by molar-refractivity contribution is 5.81. The van der Waals surface area contributed by atoms with Crippen molar-refractivity contribution in [3.05, 3.63) is 29.8 Å². The minimum Gasteiger partial charge on any atom is -0.508 e. The molecule has 1 aliphatic rings. The van der Waals surface area contributed by atoms with Crippen molar-refractivity contribution in [3.8, 4) is 5.75 Å². The van der Waals surface area contributed by atoms with Gasteiger partial charge in [-0.05, 0) is 31.5 Å². The number of anilines is 1. The Labute approximate surface area is 124 Å². The van der Waals surface area contributed by atoms with E-state index < -0.39 is 6.29 Å². The summed E-state index contributed by atoms with van der Waals surface area (Å²) < 4.78 is 11.1. The Balaban J connectivity index is 2.28. The predicted molar refractivity (Wildman–Crippen MR) is 81.4 cm³/mol. The number of fused-ring (bicyclic) bond motifs is 1. The van der Waals surface area contributed by atoms with Gasteiger partial charge in [0.2, 0.25) is 0 Å². The van der Waals surface area contributed by atoms with E-state index in [1.807, 2.05) is 37.0 Å². The van der Waals surface area contributed by atoms with Gasteiger partial charge in [-0.1, -0.05) is 12.2 Å². The van der Waals surface area contributed by atoms with E-state index in [1.54, 1.807) is 12.1 Å². The maximum Gasteiger partial charge on any atom is 0.174 e. The first-order chi connectivity index (χ1) is 10.2. The Morgan fingerprint density at radius 2 is 2.05 bits per heavy atom. The van der Waals surface area contributed by atoms with Crippen molar-refractivity contribution in [2.75, 3.05) is 24.7 Å². The third-order valence-corrected chi connectivity index (χ3v) is 3.35. The van der Waals surface area contributed by atoms with Crippen molar-refractivity contribution in [2.24, 2.45) is 0 Å². The van der Waals surface area contributed by atoms with Crippen LogP contribution in [0.4, 0.5) is 5.69 Å². The van der Waals surface area contributed by atoms with E-state index >= 15 is 0 Å². The van der Waals surface area contributed by atoms with Crippen molar-refractivity contribution in [3.63, 3.8) is 0 Å². The fraction of sp³-hybridized carbons (Fsp3) is 0.438. The van der Waals surface area contributed by atoms with Gasteiger partial charge in [-0.15, -0.1) is 0 Å². The molecule has 0 aliphatic carbocycles. The van der Waals surface area contributed by atoms with Gasteiger partial charge in [0.1, 0.15) is 18.1 Å². The van der Waals surface area contributed by atoms with Gasteiger partial charge in [0.25, 0.3) is 0 Å². The van der Waals surface area contributed by atoms with Crippen LogP contribution in [0, 0.1) is 0 Å². The molecule has 1 heterocycles. The van der Waals surface area contributed by atoms with Gasteiger partial charge in [0.15, 0.2) is 6.29 Å². The van der Waals surface area contributed by atoms with Crippen LogP contribution >= 0.6 is 0 Å². The summed E-state index contributed by atoms with van der Waals surface area (Å²) in [6.45, 7) is 5.30. The lowest BCUT2D eigenvalue weighted by Gasteiger charge is -2.35. The molecule has 1 unspecified atom stereocenters. The van der Waals surface area contributed by atoms with E-state index in [9.17, 15) is 9.90 Å². The fourth-order valence-corrected chi connectivity index (χ4v) is 2.41. The van der Waals surface area contributed by atoms with Crippen LogP contribution in [0.2, 0.25) is 0 Å². The largest absolute Gasteiger partial charge is 0.508 e. The second kappa shape index (κ2) is 7.24. The molecule has 0 saturated carbocycles. The van der Waals surface area contributed by atoms with E-state index in [1.165, 1.54) is 0 Å². The first-order valence-electron chi connectivity index (χ1n) is 7.16. The molecule has 0 fully saturated rings. The van der Waals surface area contributed by atoms with Crippen LogP contribution in [0.15, 0.2) is 24.3 Å². The standard InChI is InChI=1S/C16H21NO4/c1-3-20-16(21-4-2)10-17-13(11-18)7-5-12-6-8-14(19)9-15(12)17/h5-9,11,13,16,19H,3-4,10H2,1-2H3. The van der Waals surface area contributed by atoms with Crippen LogP contribution in [-0.2, 0) is 14.3 Å². The van der Waals surface area contributed by atoms with E-state index in [0.717, 1.165) is 17.5 Å². The number of carbonyl (C=O) groups excluding carboxylic acids is 1. The van der Waals surface area contributed by atoms with E-state index in [4.69, 9.17) is 9.47 Å². The summed E-state index contributed by atoms with van der Waals surface area (Å²) in [5.74, 6) is 0.170. The molecule has 0 saturated heterocycles. The number of benzene rings is 1. The molecule has 0 bridgehead atoms. The molecule has 21 heavy (non-hydrogen) atoms. The van der Waals surface area contributed by atoms with Crippen molar-refractivity contribution < 1.29 is 19.4 Å². The number of ether oxygens (including phenoxy) is 2. The fourth-order valence-electron chi connectivity index (χ4n) is 2.41.